The number of aliphatic hydroxyl groups excluding tert-OH is 1. The molecule has 0 radical (unpaired) electrons. The van der Waals surface area contributed by atoms with Gasteiger partial charge in [0.25, 0.3) is 0 Å². The van der Waals surface area contributed by atoms with Crippen LogP contribution in [0.1, 0.15) is 36.5 Å². The van der Waals surface area contributed by atoms with E-state index in [4.69, 9.17) is 4.74 Å². The van der Waals surface area contributed by atoms with E-state index in [1.165, 1.54) is 12.1 Å². The molecule has 1 saturated carbocycles. The first-order valence-corrected chi connectivity index (χ1v) is 9.51. The number of aliphatic hydroxyl groups is 1. The van der Waals surface area contributed by atoms with Crippen LogP contribution in [0, 0.1) is 3.57 Å². The summed E-state index contributed by atoms with van der Waals surface area (Å²) in [6.07, 6.45) is 2.10. The number of sulfonamides is 1. The fraction of sp³-hybridized carbons (Fsp3) is 0.500. The highest BCUT2D eigenvalue weighted by Crippen LogP contribution is 2.33. The standard InChI is InChI=1S/C14H18INO5S/c1-2-21-13(18)11-8-10(4-5-12(11)15)22(19,20)16-14(9-17)6-3-7-14/h4-5,8,16-17H,2-3,6-7,9H2,1H3. The molecule has 22 heavy (non-hydrogen) atoms. The Morgan fingerprint density at radius 2 is 2.14 bits per heavy atom. The van der Waals surface area contributed by atoms with Crippen LogP contribution in [-0.2, 0) is 14.8 Å². The highest BCUT2D eigenvalue weighted by Gasteiger charge is 2.40. The number of benzene rings is 1. The van der Waals surface area contributed by atoms with Gasteiger partial charge in [0.1, 0.15) is 0 Å². The first-order chi connectivity index (χ1) is 10.3. The van der Waals surface area contributed by atoms with Crippen molar-refractivity contribution in [2.24, 2.45) is 0 Å². The molecule has 1 aliphatic rings. The molecule has 8 heteroatoms. The molecule has 0 spiro atoms. The van der Waals surface area contributed by atoms with Gasteiger partial charge in [0, 0.05) is 3.57 Å². The summed E-state index contributed by atoms with van der Waals surface area (Å²) in [6, 6.07) is 4.32. The van der Waals surface area contributed by atoms with Crippen LogP contribution in [0.15, 0.2) is 23.1 Å². The van der Waals surface area contributed by atoms with Crippen LogP contribution in [0.3, 0.4) is 0 Å². The summed E-state index contributed by atoms with van der Waals surface area (Å²) in [7, 11) is -3.80. The largest absolute Gasteiger partial charge is 0.462 e. The maximum atomic E-state index is 12.5. The third kappa shape index (κ3) is 3.61. The Morgan fingerprint density at radius 1 is 1.45 bits per heavy atom. The van der Waals surface area contributed by atoms with Crippen molar-refractivity contribution in [3.05, 3.63) is 27.3 Å². The van der Waals surface area contributed by atoms with Gasteiger partial charge in [-0.25, -0.2) is 17.9 Å². The van der Waals surface area contributed by atoms with E-state index in [2.05, 4.69) is 4.72 Å². The van der Waals surface area contributed by atoms with E-state index in [1.54, 1.807) is 13.0 Å². The van der Waals surface area contributed by atoms with Gasteiger partial charge in [-0.3, -0.25) is 0 Å². The number of nitrogens with one attached hydrogen (secondary N) is 1. The molecule has 1 aliphatic carbocycles. The molecule has 2 N–H and O–H groups in total. The lowest BCUT2D eigenvalue weighted by atomic mass is 9.78. The van der Waals surface area contributed by atoms with E-state index in [9.17, 15) is 18.3 Å². The lowest BCUT2D eigenvalue weighted by Gasteiger charge is -2.40. The van der Waals surface area contributed by atoms with Gasteiger partial charge in [-0.15, -0.1) is 0 Å². The second-order valence-corrected chi connectivity index (χ2v) is 8.10. The number of carbonyl (C=O) groups excluding carboxylic acids is 1. The van der Waals surface area contributed by atoms with Crippen LogP contribution in [0.25, 0.3) is 0 Å². The van der Waals surface area contributed by atoms with Crippen LogP contribution in [0.4, 0.5) is 0 Å². The number of carbonyl (C=O) groups is 1. The lowest BCUT2D eigenvalue weighted by molar-refractivity contribution is 0.0525. The third-order valence-electron chi connectivity index (χ3n) is 3.71. The number of esters is 1. The highest BCUT2D eigenvalue weighted by atomic mass is 127. The van der Waals surface area contributed by atoms with Crippen molar-refractivity contribution in [2.75, 3.05) is 13.2 Å². The van der Waals surface area contributed by atoms with Crippen molar-refractivity contribution in [1.82, 2.24) is 4.72 Å². The molecule has 0 saturated heterocycles. The van der Waals surface area contributed by atoms with Gasteiger partial charge in [-0.2, -0.15) is 0 Å². The van der Waals surface area contributed by atoms with E-state index in [0.29, 0.717) is 16.4 Å². The minimum atomic E-state index is -3.80. The van der Waals surface area contributed by atoms with Gasteiger partial charge in [0.15, 0.2) is 0 Å². The summed E-state index contributed by atoms with van der Waals surface area (Å²) >= 11 is 1.96. The summed E-state index contributed by atoms with van der Waals surface area (Å²) in [5, 5.41) is 9.40. The first-order valence-electron chi connectivity index (χ1n) is 6.95. The average molecular weight is 439 g/mol. The molecule has 0 amide bonds. The molecule has 1 fully saturated rings. The molecule has 0 aromatic heterocycles. The fourth-order valence-corrected chi connectivity index (χ4v) is 4.31. The number of rotatable bonds is 6. The Bertz CT molecular complexity index is 664. The minimum Gasteiger partial charge on any atom is -0.462 e. The zero-order chi connectivity index (χ0) is 16.4. The normalized spacial score (nSPS) is 16.9. The second-order valence-electron chi connectivity index (χ2n) is 5.26. The molecule has 0 heterocycles. The molecule has 0 aliphatic heterocycles. The van der Waals surface area contributed by atoms with E-state index >= 15 is 0 Å². The summed E-state index contributed by atoms with van der Waals surface area (Å²) in [5.74, 6) is -0.551. The number of hydrogen-bond donors (Lipinski definition) is 2. The van der Waals surface area contributed by atoms with E-state index < -0.39 is 21.5 Å². The van der Waals surface area contributed by atoms with Crippen molar-refractivity contribution in [3.8, 4) is 0 Å². The Labute approximate surface area is 143 Å². The lowest BCUT2D eigenvalue weighted by Crippen LogP contribution is -2.55. The van der Waals surface area contributed by atoms with Crippen molar-refractivity contribution in [1.29, 1.82) is 0 Å². The quantitative estimate of drug-likeness (QED) is 0.520. The maximum absolute atomic E-state index is 12.5. The monoisotopic (exact) mass is 439 g/mol. The zero-order valence-corrected chi connectivity index (χ0v) is 15.1. The molecular formula is C14H18INO5S. The third-order valence-corrected chi connectivity index (χ3v) is 6.22. The molecule has 0 unspecified atom stereocenters. The van der Waals surface area contributed by atoms with Crippen LogP contribution in [-0.4, -0.2) is 38.2 Å². The topological polar surface area (TPSA) is 92.7 Å². The SMILES string of the molecule is CCOC(=O)c1cc(S(=O)(=O)NC2(CO)CCC2)ccc1I. The van der Waals surface area contributed by atoms with Crippen LogP contribution in [0.5, 0.6) is 0 Å². The molecule has 1 aromatic carbocycles. The van der Waals surface area contributed by atoms with Crippen LogP contribution < -0.4 is 4.72 Å². The molecule has 0 atom stereocenters. The Hall–Kier alpha value is -0.710. The molecule has 1 aromatic rings. The average Bonchev–Trinajstić information content (AvgIpc) is 2.43. The van der Waals surface area contributed by atoms with Crippen molar-refractivity contribution in [3.63, 3.8) is 0 Å². The zero-order valence-electron chi connectivity index (χ0n) is 12.1. The smallest absolute Gasteiger partial charge is 0.339 e. The van der Waals surface area contributed by atoms with Gasteiger partial charge in [0.05, 0.1) is 29.2 Å². The molecule has 6 nitrogen and oxygen atoms in total. The predicted octanol–water partition coefficient (Wildman–Crippen LogP) is 1.66. The van der Waals surface area contributed by atoms with Gasteiger partial charge < -0.3 is 9.84 Å². The van der Waals surface area contributed by atoms with E-state index in [1.807, 2.05) is 22.6 Å². The van der Waals surface area contributed by atoms with Crippen LogP contribution in [0.2, 0.25) is 0 Å². The minimum absolute atomic E-state index is 0.00399. The van der Waals surface area contributed by atoms with E-state index in [0.717, 1.165) is 6.42 Å². The predicted molar refractivity (Wildman–Crippen MR) is 89.1 cm³/mol. The Balaban J connectivity index is 2.31. The van der Waals surface area contributed by atoms with Gasteiger partial charge in [-0.1, -0.05) is 0 Å². The summed E-state index contributed by atoms with van der Waals surface area (Å²) < 4.78 is 33.0. The van der Waals surface area contributed by atoms with Gasteiger partial charge in [-0.05, 0) is 67.0 Å². The van der Waals surface area contributed by atoms with E-state index in [-0.39, 0.29) is 23.7 Å². The van der Waals surface area contributed by atoms with Crippen molar-refractivity contribution < 1.29 is 23.1 Å². The Morgan fingerprint density at radius 3 is 2.64 bits per heavy atom. The molecule has 0 bridgehead atoms. The second kappa shape index (κ2) is 6.81. The van der Waals surface area contributed by atoms with Gasteiger partial charge in [0.2, 0.25) is 10.0 Å². The molecule has 122 valence electrons. The van der Waals surface area contributed by atoms with Crippen molar-refractivity contribution >= 4 is 38.6 Å². The molecule has 2 rings (SSSR count). The number of ether oxygens (including phenoxy) is 1. The molecular weight excluding hydrogens is 421 g/mol. The maximum Gasteiger partial charge on any atom is 0.339 e. The summed E-state index contributed by atoms with van der Waals surface area (Å²) in [6.45, 7) is 1.67. The van der Waals surface area contributed by atoms with Crippen molar-refractivity contribution in [2.45, 2.75) is 36.6 Å². The van der Waals surface area contributed by atoms with Crippen LogP contribution >= 0.6 is 22.6 Å². The highest BCUT2D eigenvalue weighted by molar-refractivity contribution is 14.1. The van der Waals surface area contributed by atoms with Gasteiger partial charge >= 0.3 is 5.97 Å². The fourth-order valence-electron chi connectivity index (χ4n) is 2.28. The number of halogens is 1. The number of hydrogen-bond acceptors (Lipinski definition) is 5. The first kappa shape index (κ1) is 17.6. The Kier molecular flexibility index (Phi) is 5.46. The summed E-state index contributed by atoms with van der Waals surface area (Å²) in [4.78, 5) is 11.9. The summed E-state index contributed by atoms with van der Waals surface area (Å²) in [5.41, 5.74) is -0.552.